The fourth-order valence-electron chi connectivity index (χ4n) is 1.98. The van der Waals surface area contributed by atoms with E-state index in [0.29, 0.717) is 19.0 Å². The largest absolute Gasteiger partial charge is 0.329 e. The molecule has 2 unspecified atom stereocenters. The van der Waals surface area contributed by atoms with Gasteiger partial charge in [-0.1, -0.05) is 6.92 Å². The SMILES string of the molecule is CCS(=O)(=O)N1CCC(C)CC1CN.Cl. The summed E-state index contributed by atoms with van der Waals surface area (Å²) in [5, 5.41) is 0. The van der Waals surface area contributed by atoms with Crippen LogP contribution in [0.4, 0.5) is 0 Å². The highest BCUT2D eigenvalue weighted by Gasteiger charge is 2.32. The third kappa shape index (κ3) is 3.59. The summed E-state index contributed by atoms with van der Waals surface area (Å²) in [6.07, 6.45) is 1.85. The van der Waals surface area contributed by atoms with Crippen molar-refractivity contribution in [3.8, 4) is 0 Å². The Kier molecular flexibility index (Phi) is 6.10. The van der Waals surface area contributed by atoms with Gasteiger partial charge in [-0.3, -0.25) is 0 Å². The van der Waals surface area contributed by atoms with Gasteiger partial charge in [-0.05, 0) is 25.7 Å². The Morgan fingerprint density at radius 1 is 1.47 bits per heavy atom. The summed E-state index contributed by atoms with van der Waals surface area (Å²) in [5.41, 5.74) is 5.60. The highest BCUT2D eigenvalue weighted by Crippen LogP contribution is 2.24. The number of hydrogen-bond donors (Lipinski definition) is 1. The number of hydrogen-bond acceptors (Lipinski definition) is 3. The van der Waals surface area contributed by atoms with Crippen LogP contribution in [-0.2, 0) is 10.0 Å². The molecule has 0 aromatic carbocycles. The van der Waals surface area contributed by atoms with Gasteiger partial charge in [0.25, 0.3) is 0 Å². The lowest BCUT2D eigenvalue weighted by Gasteiger charge is -2.36. The fourth-order valence-corrected chi connectivity index (χ4v) is 3.32. The minimum Gasteiger partial charge on any atom is -0.329 e. The quantitative estimate of drug-likeness (QED) is 0.813. The first-order valence-corrected chi connectivity index (χ1v) is 6.81. The van der Waals surface area contributed by atoms with Crippen LogP contribution >= 0.6 is 12.4 Å². The van der Waals surface area contributed by atoms with Crippen molar-refractivity contribution in [1.82, 2.24) is 4.31 Å². The fraction of sp³-hybridized carbons (Fsp3) is 1.00. The Balaban J connectivity index is 0.00000196. The molecule has 0 bridgehead atoms. The predicted octanol–water partition coefficient (Wildman–Crippen LogP) is 0.817. The lowest BCUT2D eigenvalue weighted by molar-refractivity contribution is 0.211. The van der Waals surface area contributed by atoms with Gasteiger partial charge in [0.1, 0.15) is 0 Å². The third-order valence-electron chi connectivity index (χ3n) is 2.92. The van der Waals surface area contributed by atoms with Crippen LogP contribution in [-0.4, -0.2) is 37.6 Å². The molecule has 4 nitrogen and oxygen atoms in total. The van der Waals surface area contributed by atoms with Gasteiger partial charge < -0.3 is 5.73 Å². The maximum absolute atomic E-state index is 11.7. The summed E-state index contributed by atoms with van der Waals surface area (Å²) in [6, 6.07) is 0.0173. The molecule has 1 heterocycles. The minimum atomic E-state index is -3.05. The molecule has 1 rings (SSSR count). The molecule has 1 aliphatic heterocycles. The Morgan fingerprint density at radius 3 is 2.53 bits per heavy atom. The lowest BCUT2D eigenvalue weighted by atomic mass is 9.94. The topological polar surface area (TPSA) is 63.4 Å². The second-order valence-corrected chi connectivity index (χ2v) is 6.24. The molecule has 0 amide bonds. The number of nitrogens with two attached hydrogens (primary N) is 1. The molecule has 0 aromatic heterocycles. The number of halogens is 1. The number of sulfonamides is 1. The van der Waals surface area contributed by atoms with Gasteiger partial charge in [-0.2, -0.15) is 4.31 Å². The zero-order valence-electron chi connectivity index (χ0n) is 9.35. The van der Waals surface area contributed by atoms with Gasteiger partial charge in [0, 0.05) is 19.1 Å². The second kappa shape index (κ2) is 6.03. The van der Waals surface area contributed by atoms with Gasteiger partial charge in [-0.15, -0.1) is 12.4 Å². The van der Waals surface area contributed by atoms with Crippen molar-refractivity contribution in [1.29, 1.82) is 0 Å². The van der Waals surface area contributed by atoms with Gasteiger partial charge >= 0.3 is 0 Å². The van der Waals surface area contributed by atoms with E-state index in [1.807, 2.05) is 0 Å². The van der Waals surface area contributed by atoms with Crippen molar-refractivity contribution in [3.63, 3.8) is 0 Å². The highest BCUT2D eigenvalue weighted by molar-refractivity contribution is 7.89. The number of piperidine rings is 1. The second-order valence-electron chi connectivity index (χ2n) is 4.03. The average molecular weight is 257 g/mol. The van der Waals surface area contributed by atoms with Crippen molar-refractivity contribution in [3.05, 3.63) is 0 Å². The van der Waals surface area contributed by atoms with E-state index in [0.717, 1.165) is 12.8 Å². The van der Waals surface area contributed by atoms with Crippen LogP contribution in [0.5, 0.6) is 0 Å². The number of nitrogens with zero attached hydrogens (tertiary/aromatic N) is 1. The van der Waals surface area contributed by atoms with Crippen LogP contribution < -0.4 is 5.73 Å². The molecule has 0 spiro atoms. The normalized spacial score (nSPS) is 28.5. The Labute approximate surface area is 98.7 Å². The number of rotatable bonds is 3. The summed E-state index contributed by atoms with van der Waals surface area (Å²) < 4.78 is 25.0. The van der Waals surface area contributed by atoms with Crippen molar-refractivity contribution in [2.75, 3.05) is 18.8 Å². The molecular formula is C9H21ClN2O2S. The van der Waals surface area contributed by atoms with Crippen LogP contribution in [0.1, 0.15) is 26.7 Å². The van der Waals surface area contributed by atoms with Gasteiger partial charge in [-0.25, -0.2) is 8.42 Å². The predicted molar refractivity (Wildman–Crippen MR) is 64.7 cm³/mol. The summed E-state index contributed by atoms with van der Waals surface area (Å²) in [4.78, 5) is 0. The molecule has 0 saturated carbocycles. The van der Waals surface area contributed by atoms with Crippen molar-refractivity contribution in [2.24, 2.45) is 11.7 Å². The van der Waals surface area contributed by atoms with Crippen molar-refractivity contribution < 1.29 is 8.42 Å². The Morgan fingerprint density at radius 2 is 2.07 bits per heavy atom. The summed E-state index contributed by atoms with van der Waals surface area (Å²) in [5.74, 6) is 0.768. The molecule has 0 aliphatic carbocycles. The van der Waals surface area contributed by atoms with Crippen LogP contribution in [0.3, 0.4) is 0 Å². The average Bonchev–Trinajstić information content (AvgIpc) is 2.17. The van der Waals surface area contributed by atoms with Crippen molar-refractivity contribution >= 4 is 22.4 Å². The molecule has 0 radical (unpaired) electrons. The van der Waals surface area contributed by atoms with E-state index in [1.165, 1.54) is 0 Å². The summed E-state index contributed by atoms with van der Waals surface area (Å²) in [7, 11) is -3.05. The first kappa shape index (κ1) is 15.2. The van der Waals surface area contributed by atoms with Crippen molar-refractivity contribution in [2.45, 2.75) is 32.7 Å². The Bertz CT molecular complexity index is 282. The maximum Gasteiger partial charge on any atom is 0.214 e. The standard InChI is InChI=1S/C9H20N2O2S.ClH/c1-3-14(12,13)11-5-4-8(2)6-9(11)7-10;/h8-9H,3-7,10H2,1-2H3;1H. The van der Waals surface area contributed by atoms with E-state index >= 15 is 0 Å². The first-order valence-electron chi connectivity index (χ1n) is 5.20. The van der Waals surface area contributed by atoms with Crippen LogP contribution in [0, 0.1) is 5.92 Å². The highest BCUT2D eigenvalue weighted by atomic mass is 35.5. The summed E-state index contributed by atoms with van der Waals surface area (Å²) in [6.45, 7) is 4.91. The zero-order chi connectivity index (χ0) is 10.8. The van der Waals surface area contributed by atoms with E-state index in [1.54, 1.807) is 11.2 Å². The van der Waals surface area contributed by atoms with Crippen LogP contribution in [0.25, 0.3) is 0 Å². The molecule has 92 valence electrons. The maximum atomic E-state index is 11.7. The molecular weight excluding hydrogens is 236 g/mol. The smallest absolute Gasteiger partial charge is 0.214 e. The van der Waals surface area contributed by atoms with E-state index < -0.39 is 10.0 Å². The molecule has 6 heteroatoms. The molecule has 1 aliphatic rings. The molecule has 2 N–H and O–H groups in total. The van der Waals surface area contributed by atoms with Crippen LogP contribution in [0.15, 0.2) is 0 Å². The minimum absolute atomic E-state index is 0. The monoisotopic (exact) mass is 256 g/mol. The van der Waals surface area contributed by atoms with E-state index in [9.17, 15) is 8.42 Å². The molecule has 0 aromatic rings. The van der Waals surface area contributed by atoms with E-state index in [2.05, 4.69) is 6.92 Å². The van der Waals surface area contributed by atoms with Gasteiger partial charge in [0.2, 0.25) is 10.0 Å². The molecule has 1 saturated heterocycles. The van der Waals surface area contributed by atoms with E-state index in [-0.39, 0.29) is 24.2 Å². The third-order valence-corrected chi connectivity index (χ3v) is 4.84. The van der Waals surface area contributed by atoms with Gasteiger partial charge in [0.15, 0.2) is 0 Å². The molecule has 2 atom stereocenters. The summed E-state index contributed by atoms with van der Waals surface area (Å²) >= 11 is 0. The first-order chi connectivity index (χ1) is 6.51. The van der Waals surface area contributed by atoms with Crippen LogP contribution in [0.2, 0.25) is 0 Å². The van der Waals surface area contributed by atoms with Gasteiger partial charge in [0.05, 0.1) is 5.75 Å². The lowest BCUT2D eigenvalue weighted by Crippen LogP contribution is -2.49. The molecule has 1 fully saturated rings. The zero-order valence-corrected chi connectivity index (χ0v) is 11.0. The molecule has 15 heavy (non-hydrogen) atoms. The Hall–Kier alpha value is 0.160. The van der Waals surface area contributed by atoms with E-state index in [4.69, 9.17) is 5.73 Å².